The van der Waals surface area contributed by atoms with Crippen molar-refractivity contribution in [3.63, 3.8) is 0 Å². The van der Waals surface area contributed by atoms with Crippen molar-refractivity contribution in [3.05, 3.63) is 74.7 Å². The molecule has 0 radical (unpaired) electrons. The average Bonchev–Trinajstić information content (AvgIpc) is 2.51. The summed E-state index contributed by atoms with van der Waals surface area (Å²) < 4.78 is 0. The van der Waals surface area contributed by atoms with Gasteiger partial charge in [0.15, 0.2) is 5.78 Å². The van der Waals surface area contributed by atoms with Crippen LogP contribution in [0.25, 0.3) is 6.08 Å². The molecule has 0 saturated carbocycles. The predicted octanol–water partition coefficient (Wildman–Crippen LogP) is 4.66. The van der Waals surface area contributed by atoms with Crippen molar-refractivity contribution in [3.8, 4) is 0 Å². The Bertz CT molecular complexity index is 772. The van der Waals surface area contributed by atoms with Gasteiger partial charge in [-0.1, -0.05) is 53.0 Å². The molecule has 0 bridgehead atoms. The Morgan fingerprint density at radius 2 is 1.74 bits per heavy atom. The van der Waals surface area contributed by atoms with Crippen LogP contribution in [0.5, 0.6) is 0 Å². The van der Waals surface area contributed by atoms with Gasteiger partial charge in [0, 0.05) is 26.7 Å². The van der Waals surface area contributed by atoms with E-state index in [1.54, 1.807) is 48.5 Å². The number of hydrogen-bond donors (Lipinski definition) is 1. The van der Waals surface area contributed by atoms with Crippen LogP contribution in [0.15, 0.2) is 48.5 Å². The summed E-state index contributed by atoms with van der Waals surface area (Å²) in [5.41, 5.74) is 1.11. The van der Waals surface area contributed by atoms with E-state index in [4.69, 9.17) is 34.8 Å². The fourth-order valence-electron chi connectivity index (χ4n) is 1.79. The minimum Gasteiger partial charge on any atom is -0.345 e. The van der Waals surface area contributed by atoms with Gasteiger partial charge in [-0.15, -0.1) is 0 Å². The van der Waals surface area contributed by atoms with Crippen LogP contribution in [0, 0.1) is 0 Å². The zero-order valence-corrected chi connectivity index (χ0v) is 14.1. The van der Waals surface area contributed by atoms with E-state index in [2.05, 4.69) is 5.32 Å². The number of carbonyl (C=O) groups excluding carboxylic acids is 2. The van der Waals surface area contributed by atoms with Crippen molar-refractivity contribution >= 4 is 52.6 Å². The van der Waals surface area contributed by atoms with Crippen LogP contribution in [0.3, 0.4) is 0 Å². The highest BCUT2D eigenvalue weighted by Gasteiger charge is 2.07. The molecule has 2 aromatic carbocycles. The predicted molar refractivity (Wildman–Crippen MR) is 94.3 cm³/mol. The molecule has 3 nitrogen and oxygen atoms in total. The molecule has 0 spiro atoms. The monoisotopic (exact) mass is 367 g/mol. The molecule has 0 aliphatic heterocycles. The smallest absolute Gasteiger partial charge is 0.244 e. The summed E-state index contributed by atoms with van der Waals surface area (Å²) in [6.07, 6.45) is 2.86. The van der Waals surface area contributed by atoms with Crippen molar-refractivity contribution < 1.29 is 9.59 Å². The SMILES string of the molecule is O=C(/C=C/c1ccc(Cl)cc1Cl)NCC(=O)c1cccc(Cl)c1. The first-order valence-corrected chi connectivity index (χ1v) is 7.79. The highest BCUT2D eigenvalue weighted by atomic mass is 35.5. The first-order chi connectivity index (χ1) is 11.0. The molecule has 0 aromatic heterocycles. The Morgan fingerprint density at radius 1 is 1.00 bits per heavy atom. The lowest BCUT2D eigenvalue weighted by atomic mass is 10.1. The van der Waals surface area contributed by atoms with Crippen LogP contribution in [-0.4, -0.2) is 18.2 Å². The molecule has 0 aliphatic carbocycles. The molecule has 0 aliphatic rings. The number of ketones is 1. The molecule has 118 valence electrons. The first-order valence-electron chi connectivity index (χ1n) is 6.65. The average molecular weight is 369 g/mol. The second-order valence-electron chi connectivity index (χ2n) is 4.65. The molecule has 2 aromatic rings. The van der Waals surface area contributed by atoms with E-state index in [0.29, 0.717) is 26.2 Å². The maximum absolute atomic E-state index is 11.9. The molecule has 0 atom stereocenters. The normalized spacial score (nSPS) is 10.7. The van der Waals surface area contributed by atoms with Gasteiger partial charge in [-0.2, -0.15) is 0 Å². The van der Waals surface area contributed by atoms with Crippen LogP contribution >= 0.6 is 34.8 Å². The largest absolute Gasteiger partial charge is 0.345 e. The molecular formula is C17H12Cl3NO2. The van der Waals surface area contributed by atoms with Gasteiger partial charge in [0.25, 0.3) is 0 Å². The minimum absolute atomic E-state index is 0.113. The van der Waals surface area contributed by atoms with Gasteiger partial charge in [0.1, 0.15) is 0 Å². The zero-order chi connectivity index (χ0) is 16.8. The second kappa shape index (κ2) is 8.16. The van der Waals surface area contributed by atoms with E-state index in [0.717, 1.165) is 0 Å². The Kier molecular flexibility index (Phi) is 6.22. The molecule has 0 fully saturated rings. The van der Waals surface area contributed by atoms with Crippen molar-refractivity contribution in [2.24, 2.45) is 0 Å². The highest BCUT2D eigenvalue weighted by molar-refractivity contribution is 6.35. The molecule has 2 rings (SSSR count). The number of Topliss-reactive ketones (excluding diaryl/α,β-unsaturated/α-hetero) is 1. The summed E-state index contributed by atoms with van der Waals surface area (Å²) in [5, 5.41) is 3.94. The first kappa shape index (κ1) is 17.5. The fourth-order valence-corrected chi connectivity index (χ4v) is 2.45. The number of amides is 1. The third-order valence-corrected chi connectivity index (χ3v) is 3.74. The Balaban J connectivity index is 1.92. The number of carbonyl (C=O) groups is 2. The van der Waals surface area contributed by atoms with Gasteiger partial charge in [-0.25, -0.2) is 0 Å². The lowest BCUT2D eigenvalue weighted by molar-refractivity contribution is -0.116. The van der Waals surface area contributed by atoms with Gasteiger partial charge in [0.2, 0.25) is 5.91 Å². The molecule has 1 N–H and O–H groups in total. The van der Waals surface area contributed by atoms with E-state index >= 15 is 0 Å². The van der Waals surface area contributed by atoms with Gasteiger partial charge in [-0.3, -0.25) is 9.59 Å². The van der Waals surface area contributed by atoms with Crippen LogP contribution in [0.2, 0.25) is 15.1 Å². The van der Waals surface area contributed by atoms with Gasteiger partial charge in [0.05, 0.1) is 6.54 Å². The second-order valence-corrected chi connectivity index (χ2v) is 5.93. The minimum atomic E-state index is -0.397. The molecule has 0 unspecified atom stereocenters. The van der Waals surface area contributed by atoms with Crippen molar-refractivity contribution in [2.75, 3.05) is 6.54 Å². The van der Waals surface area contributed by atoms with Crippen LogP contribution in [-0.2, 0) is 4.79 Å². The van der Waals surface area contributed by atoms with Crippen molar-refractivity contribution in [2.45, 2.75) is 0 Å². The molecule has 0 heterocycles. The Morgan fingerprint density at radius 3 is 2.43 bits per heavy atom. The quantitative estimate of drug-likeness (QED) is 0.616. The Hall–Kier alpha value is -1.81. The summed E-state index contributed by atoms with van der Waals surface area (Å²) in [5.74, 6) is -0.620. The topological polar surface area (TPSA) is 46.2 Å². The van der Waals surface area contributed by atoms with E-state index in [1.165, 1.54) is 6.08 Å². The standard InChI is InChI=1S/C17H12Cl3NO2/c18-13-3-1-2-12(8-13)16(22)10-21-17(23)7-5-11-4-6-14(19)9-15(11)20/h1-9H,10H2,(H,21,23)/b7-5+. The van der Waals surface area contributed by atoms with Crippen LogP contribution in [0.1, 0.15) is 15.9 Å². The van der Waals surface area contributed by atoms with E-state index < -0.39 is 5.91 Å². The maximum Gasteiger partial charge on any atom is 0.244 e. The molecule has 0 saturated heterocycles. The molecule has 1 amide bonds. The number of halogens is 3. The van der Waals surface area contributed by atoms with Gasteiger partial charge >= 0.3 is 0 Å². The van der Waals surface area contributed by atoms with Crippen LogP contribution < -0.4 is 5.32 Å². The van der Waals surface area contributed by atoms with E-state index in [-0.39, 0.29) is 12.3 Å². The third kappa shape index (κ3) is 5.39. The molecule has 6 heteroatoms. The van der Waals surface area contributed by atoms with Gasteiger partial charge < -0.3 is 5.32 Å². The lowest BCUT2D eigenvalue weighted by Gasteiger charge is -2.03. The maximum atomic E-state index is 11.9. The molecule has 23 heavy (non-hydrogen) atoms. The van der Waals surface area contributed by atoms with Crippen molar-refractivity contribution in [1.82, 2.24) is 5.32 Å². The number of rotatable bonds is 5. The number of nitrogens with one attached hydrogen (secondary N) is 1. The summed E-state index contributed by atoms with van der Waals surface area (Å²) in [4.78, 5) is 23.7. The summed E-state index contributed by atoms with van der Waals surface area (Å²) in [6.45, 7) is -0.113. The van der Waals surface area contributed by atoms with Crippen molar-refractivity contribution in [1.29, 1.82) is 0 Å². The van der Waals surface area contributed by atoms with E-state index in [9.17, 15) is 9.59 Å². The molecular weight excluding hydrogens is 357 g/mol. The van der Waals surface area contributed by atoms with Crippen LogP contribution in [0.4, 0.5) is 0 Å². The zero-order valence-electron chi connectivity index (χ0n) is 11.9. The lowest BCUT2D eigenvalue weighted by Crippen LogP contribution is -2.27. The van der Waals surface area contributed by atoms with E-state index in [1.807, 2.05) is 0 Å². The third-order valence-electron chi connectivity index (χ3n) is 2.95. The highest BCUT2D eigenvalue weighted by Crippen LogP contribution is 2.21. The number of hydrogen-bond acceptors (Lipinski definition) is 2. The fraction of sp³-hybridized carbons (Fsp3) is 0.0588. The summed E-state index contributed by atoms with van der Waals surface area (Å²) in [6, 6.07) is 11.5. The Labute approximate surface area is 148 Å². The van der Waals surface area contributed by atoms with Gasteiger partial charge in [-0.05, 0) is 35.9 Å². The summed E-state index contributed by atoms with van der Waals surface area (Å²) >= 11 is 17.6. The number of benzene rings is 2. The summed E-state index contributed by atoms with van der Waals surface area (Å²) in [7, 11) is 0.